The van der Waals surface area contributed by atoms with Crippen LogP contribution in [0, 0.1) is 6.92 Å². The molecule has 0 radical (unpaired) electrons. The summed E-state index contributed by atoms with van der Waals surface area (Å²) in [5.41, 5.74) is 2.89. The van der Waals surface area contributed by atoms with Crippen LogP contribution in [-0.2, 0) is 11.3 Å². The second-order valence-electron chi connectivity index (χ2n) is 5.78. The number of nitrogens with one attached hydrogen (secondary N) is 1. The van der Waals surface area contributed by atoms with Gasteiger partial charge in [-0.3, -0.25) is 4.79 Å². The Bertz CT molecular complexity index is 897. The summed E-state index contributed by atoms with van der Waals surface area (Å²) in [6.45, 7) is 4.22. The molecule has 1 aromatic heterocycles. The zero-order chi connectivity index (χ0) is 18.5. The van der Waals surface area contributed by atoms with Crippen molar-refractivity contribution in [3.05, 3.63) is 64.7 Å². The average Bonchev–Trinajstić information content (AvgIpc) is 3.09. The number of tetrazole rings is 1. The number of halogens is 1. The van der Waals surface area contributed by atoms with Gasteiger partial charge in [-0.2, -0.15) is 4.68 Å². The van der Waals surface area contributed by atoms with E-state index < -0.39 is 0 Å². The molecule has 0 unspecified atom stereocenters. The lowest BCUT2D eigenvalue weighted by molar-refractivity contribution is -0.120. The Kier molecular flexibility index (Phi) is 5.90. The number of amides is 1. The molecular weight excluding hydrogens is 370 g/mol. The number of thioether (sulfide) groups is 1. The van der Waals surface area contributed by atoms with Crippen molar-refractivity contribution in [2.75, 3.05) is 0 Å². The molecular formula is C18H18ClN5OS. The molecule has 1 atom stereocenters. The molecule has 0 bridgehead atoms. The van der Waals surface area contributed by atoms with Gasteiger partial charge in [-0.1, -0.05) is 59.3 Å². The van der Waals surface area contributed by atoms with Gasteiger partial charge in [0.1, 0.15) is 0 Å². The summed E-state index contributed by atoms with van der Waals surface area (Å²) in [6.07, 6.45) is 0. The summed E-state index contributed by atoms with van der Waals surface area (Å²) < 4.78 is 1.63. The fourth-order valence-corrected chi connectivity index (χ4v) is 3.31. The average molecular weight is 388 g/mol. The van der Waals surface area contributed by atoms with E-state index >= 15 is 0 Å². The van der Waals surface area contributed by atoms with Gasteiger partial charge in [-0.15, -0.1) is 5.10 Å². The predicted octanol–water partition coefficient (Wildman–Crippen LogP) is 3.42. The monoisotopic (exact) mass is 387 g/mol. The third-order valence-corrected chi connectivity index (χ3v) is 5.18. The maximum absolute atomic E-state index is 12.4. The quantitative estimate of drug-likeness (QED) is 0.656. The van der Waals surface area contributed by atoms with E-state index in [2.05, 4.69) is 20.8 Å². The van der Waals surface area contributed by atoms with E-state index in [4.69, 9.17) is 11.6 Å². The topological polar surface area (TPSA) is 72.7 Å². The molecule has 0 aliphatic carbocycles. The van der Waals surface area contributed by atoms with Crippen molar-refractivity contribution in [3.63, 3.8) is 0 Å². The standard InChI is InChI=1S/C18H18ClN5OS/c1-12-7-9-15(10-8-12)24-18(21-22-23-24)26-13(2)17(25)20-11-14-5-3-4-6-16(14)19/h3-10,13H,11H2,1-2H3,(H,20,25)/t13-/m0/s1. The molecule has 0 saturated heterocycles. The Morgan fingerprint density at radius 2 is 1.96 bits per heavy atom. The van der Waals surface area contributed by atoms with E-state index in [0.717, 1.165) is 16.8 Å². The number of hydrogen-bond acceptors (Lipinski definition) is 5. The highest BCUT2D eigenvalue weighted by Crippen LogP contribution is 2.23. The Hall–Kier alpha value is -2.38. The number of benzene rings is 2. The maximum Gasteiger partial charge on any atom is 0.233 e. The van der Waals surface area contributed by atoms with E-state index in [1.54, 1.807) is 10.7 Å². The molecule has 3 rings (SSSR count). The van der Waals surface area contributed by atoms with E-state index in [0.29, 0.717) is 16.7 Å². The van der Waals surface area contributed by atoms with Crippen molar-refractivity contribution >= 4 is 29.3 Å². The minimum Gasteiger partial charge on any atom is -0.351 e. The van der Waals surface area contributed by atoms with Gasteiger partial charge in [0.2, 0.25) is 11.1 Å². The molecule has 0 spiro atoms. The van der Waals surface area contributed by atoms with Crippen LogP contribution < -0.4 is 5.32 Å². The smallest absolute Gasteiger partial charge is 0.233 e. The van der Waals surface area contributed by atoms with Crippen LogP contribution in [0.4, 0.5) is 0 Å². The predicted molar refractivity (Wildman–Crippen MR) is 103 cm³/mol. The zero-order valence-corrected chi connectivity index (χ0v) is 16.0. The van der Waals surface area contributed by atoms with Crippen LogP contribution >= 0.6 is 23.4 Å². The third-order valence-electron chi connectivity index (χ3n) is 3.78. The van der Waals surface area contributed by atoms with Gasteiger partial charge >= 0.3 is 0 Å². The summed E-state index contributed by atoms with van der Waals surface area (Å²) >= 11 is 7.42. The number of aromatic nitrogens is 4. The van der Waals surface area contributed by atoms with Crippen LogP contribution in [0.15, 0.2) is 53.7 Å². The van der Waals surface area contributed by atoms with Gasteiger partial charge < -0.3 is 5.32 Å². The Morgan fingerprint density at radius 1 is 1.23 bits per heavy atom. The van der Waals surface area contributed by atoms with Gasteiger partial charge in [-0.05, 0) is 48.0 Å². The van der Waals surface area contributed by atoms with Gasteiger partial charge in [0.25, 0.3) is 0 Å². The maximum atomic E-state index is 12.4. The fourth-order valence-electron chi connectivity index (χ4n) is 2.28. The highest BCUT2D eigenvalue weighted by molar-refractivity contribution is 8.00. The number of carbonyl (C=O) groups excluding carboxylic acids is 1. The molecule has 0 saturated carbocycles. The van der Waals surface area contributed by atoms with Crippen LogP contribution in [0.3, 0.4) is 0 Å². The summed E-state index contributed by atoms with van der Waals surface area (Å²) in [6, 6.07) is 15.3. The van der Waals surface area contributed by atoms with Crippen molar-refractivity contribution < 1.29 is 4.79 Å². The van der Waals surface area contributed by atoms with E-state index in [-0.39, 0.29) is 11.2 Å². The minimum atomic E-state index is -0.354. The van der Waals surface area contributed by atoms with Crippen LogP contribution in [0.2, 0.25) is 5.02 Å². The molecule has 1 amide bonds. The Morgan fingerprint density at radius 3 is 2.69 bits per heavy atom. The van der Waals surface area contributed by atoms with Crippen molar-refractivity contribution in [2.45, 2.75) is 30.8 Å². The number of nitrogens with zero attached hydrogens (tertiary/aromatic N) is 4. The first kappa shape index (κ1) is 18.4. The molecule has 1 heterocycles. The summed E-state index contributed by atoms with van der Waals surface area (Å²) in [5.74, 6) is -0.103. The second-order valence-corrected chi connectivity index (χ2v) is 7.49. The highest BCUT2D eigenvalue weighted by atomic mass is 35.5. The van der Waals surface area contributed by atoms with Crippen molar-refractivity contribution in [3.8, 4) is 5.69 Å². The number of hydrogen-bond donors (Lipinski definition) is 1. The van der Waals surface area contributed by atoms with Gasteiger partial charge in [-0.25, -0.2) is 0 Å². The molecule has 6 nitrogen and oxygen atoms in total. The van der Waals surface area contributed by atoms with Gasteiger partial charge in [0.15, 0.2) is 0 Å². The van der Waals surface area contributed by atoms with Crippen molar-refractivity contribution in [2.24, 2.45) is 0 Å². The molecule has 0 aliphatic rings. The van der Waals surface area contributed by atoms with E-state index in [9.17, 15) is 4.79 Å². The van der Waals surface area contributed by atoms with Crippen molar-refractivity contribution in [1.29, 1.82) is 0 Å². The SMILES string of the molecule is Cc1ccc(-n2nnnc2S[C@@H](C)C(=O)NCc2ccccc2Cl)cc1. The fraction of sp³-hybridized carbons (Fsp3) is 0.222. The molecule has 0 fully saturated rings. The summed E-state index contributed by atoms with van der Waals surface area (Å²) in [7, 11) is 0. The number of aryl methyl sites for hydroxylation is 1. The van der Waals surface area contributed by atoms with Crippen LogP contribution in [0.25, 0.3) is 5.69 Å². The first-order valence-corrected chi connectivity index (χ1v) is 9.33. The molecule has 0 aliphatic heterocycles. The lowest BCUT2D eigenvalue weighted by Gasteiger charge is -2.12. The van der Waals surface area contributed by atoms with Crippen LogP contribution in [-0.4, -0.2) is 31.4 Å². The first-order valence-electron chi connectivity index (χ1n) is 8.08. The van der Waals surface area contributed by atoms with Crippen LogP contribution in [0.1, 0.15) is 18.1 Å². The second kappa shape index (κ2) is 8.33. The first-order chi connectivity index (χ1) is 12.5. The van der Waals surface area contributed by atoms with E-state index in [1.165, 1.54) is 11.8 Å². The summed E-state index contributed by atoms with van der Waals surface area (Å²) in [4.78, 5) is 12.4. The van der Waals surface area contributed by atoms with Gasteiger partial charge in [0.05, 0.1) is 10.9 Å². The molecule has 26 heavy (non-hydrogen) atoms. The summed E-state index contributed by atoms with van der Waals surface area (Å²) in [5, 5.41) is 15.5. The van der Waals surface area contributed by atoms with Crippen LogP contribution in [0.5, 0.6) is 0 Å². The highest BCUT2D eigenvalue weighted by Gasteiger charge is 2.19. The Balaban J connectivity index is 1.64. The zero-order valence-electron chi connectivity index (χ0n) is 14.4. The molecule has 134 valence electrons. The van der Waals surface area contributed by atoms with Crippen molar-refractivity contribution in [1.82, 2.24) is 25.5 Å². The largest absolute Gasteiger partial charge is 0.351 e. The lowest BCUT2D eigenvalue weighted by Crippen LogP contribution is -2.30. The van der Waals surface area contributed by atoms with Gasteiger partial charge in [0, 0.05) is 11.6 Å². The number of carbonyl (C=O) groups is 1. The molecule has 2 aromatic carbocycles. The van der Waals surface area contributed by atoms with E-state index in [1.807, 2.05) is 56.3 Å². The lowest BCUT2D eigenvalue weighted by atomic mass is 10.2. The number of rotatable bonds is 6. The molecule has 8 heteroatoms. The minimum absolute atomic E-state index is 0.103. The molecule has 1 N–H and O–H groups in total. The third kappa shape index (κ3) is 4.42. The molecule has 3 aromatic rings. The normalized spacial score (nSPS) is 12.0. The Labute approximate surface area is 160 Å².